The quantitative estimate of drug-likeness (QED) is 0.719. The highest BCUT2D eigenvalue weighted by Gasteiger charge is 2.31. The monoisotopic (exact) mass is 446 g/mol. The van der Waals surface area contributed by atoms with Gasteiger partial charge in [-0.25, -0.2) is 4.79 Å². The number of ether oxygens (including phenoxy) is 2. The van der Waals surface area contributed by atoms with Gasteiger partial charge in [0, 0.05) is 22.7 Å². The van der Waals surface area contributed by atoms with Crippen LogP contribution in [0.15, 0.2) is 24.3 Å². The summed E-state index contributed by atoms with van der Waals surface area (Å²) in [6.45, 7) is 10.1. The Hall–Kier alpha value is -0.860. The van der Waals surface area contributed by atoms with Crippen LogP contribution in [0.5, 0.6) is 0 Å². The molecule has 5 nitrogen and oxygen atoms in total. The Morgan fingerprint density at radius 3 is 2.71 bits per heavy atom. The van der Waals surface area contributed by atoms with Crippen LogP contribution in [0.2, 0.25) is 0 Å². The van der Waals surface area contributed by atoms with E-state index in [9.17, 15) is 4.79 Å². The molecule has 1 aromatic carbocycles. The predicted octanol–water partition coefficient (Wildman–Crippen LogP) is 3.58. The van der Waals surface area contributed by atoms with E-state index < -0.39 is 5.60 Å². The van der Waals surface area contributed by atoms with E-state index in [2.05, 4.69) is 59.1 Å². The lowest BCUT2D eigenvalue weighted by Gasteiger charge is -2.37. The third kappa shape index (κ3) is 5.89. The molecular formula is C18H27IN2O3. The first-order valence-corrected chi connectivity index (χ1v) is 9.40. The molecule has 0 aliphatic carbocycles. The highest BCUT2D eigenvalue weighted by Crippen LogP contribution is 2.17. The molecule has 1 aliphatic rings. The minimum Gasteiger partial charge on any atom is -0.444 e. The number of nitrogens with zero attached hydrogens (tertiary/aromatic N) is 1. The summed E-state index contributed by atoms with van der Waals surface area (Å²) >= 11 is 2.30. The standard InChI is InChI=1S/C18H27IN2O3/c1-13(14-5-7-15(19)8-6-14)20-11-16-12-23-10-9-21(16)17(22)24-18(2,3)4/h5-8,13,16,20H,9-12H2,1-4H3. The third-order valence-electron chi connectivity index (χ3n) is 3.89. The summed E-state index contributed by atoms with van der Waals surface area (Å²) in [5.41, 5.74) is 0.748. The van der Waals surface area contributed by atoms with Gasteiger partial charge in [-0.2, -0.15) is 0 Å². The van der Waals surface area contributed by atoms with Crippen molar-refractivity contribution in [2.75, 3.05) is 26.3 Å². The number of amides is 1. The van der Waals surface area contributed by atoms with E-state index >= 15 is 0 Å². The molecule has 0 spiro atoms. The Kier molecular flexibility index (Phi) is 6.88. The van der Waals surface area contributed by atoms with E-state index in [4.69, 9.17) is 9.47 Å². The summed E-state index contributed by atoms with van der Waals surface area (Å²) in [6.07, 6.45) is -0.264. The average molecular weight is 446 g/mol. The van der Waals surface area contributed by atoms with Crippen LogP contribution >= 0.6 is 22.6 Å². The predicted molar refractivity (Wildman–Crippen MR) is 103 cm³/mol. The summed E-state index contributed by atoms with van der Waals surface area (Å²) in [5, 5.41) is 3.50. The maximum absolute atomic E-state index is 12.4. The smallest absolute Gasteiger partial charge is 0.410 e. The van der Waals surface area contributed by atoms with Crippen LogP contribution in [0.1, 0.15) is 39.3 Å². The molecule has 1 heterocycles. The van der Waals surface area contributed by atoms with E-state index in [1.54, 1.807) is 4.90 Å². The first kappa shape index (κ1) is 19.5. The minimum absolute atomic E-state index is 0.0140. The van der Waals surface area contributed by atoms with Crippen molar-refractivity contribution < 1.29 is 14.3 Å². The number of morpholine rings is 1. The molecule has 1 aliphatic heterocycles. The van der Waals surface area contributed by atoms with E-state index in [-0.39, 0.29) is 18.2 Å². The largest absolute Gasteiger partial charge is 0.444 e. The molecule has 1 amide bonds. The van der Waals surface area contributed by atoms with E-state index in [0.29, 0.717) is 26.3 Å². The molecule has 2 unspecified atom stereocenters. The second kappa shape index (κ2) is 8.49. The maximum atomic E-state index is 12.4. The summed E-state index contributed by atoms with van der Waals surface area (Å²) in [7, 11) is 0. The highest BCUT2D eigenvalue weighted by molar-refractivity contribution is 14.1. The van der Waals surface area contributed by atoms with Gasteiger partial charge in [-0.1, -0.05) is 12.1 Å². The zero-order valence-corrected chi connectivity index (χ0v) is 17.0. The van der Waals surface area contributed by atoms with Crippen LogP contribution in [-0.2, 0) is 9.47 Å². The van der Waals surface area contributed by atoms with Crippen LogP contribution in [0.4, 0.5) is 4.79 Å². The van der Waals surface area contributed by atoms with Crippen LogP contribution in [0.3, 0.4) is 0 Å². The summed E-state index contributed by atoms with van der Waals surface area (Å²) in [4.78, 5) is 14.2. The lowest BCUT2D eigenvalue weighted by Crippen LogP contribution is -2.54. The van der Waals surface area contributed by atoms with Gasteiger partial charge in [0.25, 0.3) is 0 Å². The molecule has 1 aromatic rings. The molecular weight excluding hydrogens is 419 g/mol. The van der Waals surface area contributed by atoms with E-state index in [0.717, 1.165) is 0 Å². The fourth-order valence-corrected chi connectivity index (χ4v) is 2.93. The van der Waals surface area contributed by atoms with Crippen molar-refractivity contribution in [2.24, 2.45) is 0 Å². The number of benzene rings is 1. The number of carbonyl (C=O) groups excluding carboxylic acids is 1. The van der Waals surface area contributed by atoms with Gasteiger partial charge in [0.2, 0.25) is 0 Å². The van der Waals surface area contributed by atoms with Crippen LogP contribution in [0.25, 0.3) is 0 Å². The summed E-state index contributed by atoms with van der Waals surface area (Å²) in [5.74, 6) is 0. The molecule has 0 saturated carbocycles. The third-order valence-corrected chi connectivity index (χ3v) is 4.60. The van der Waals surface area contributed by atoms with Crippen molar-refractivity contribution in [3.63, 3.8) is 0 Å². The van der Waals surface area contributed by atoms with Gasteiger partial charge < -0.3 is 14.8 Å². The molecule has 134 valence electrons. The van der Waals surface area contributed by atoms with Crippen LogP contribution < -0.4 is 5.32 Å². The Labute approximate surface area is 158 Å². The normalized spacial score (nSPS) is 19.9. The molecule has 1 saturated heterocycles. The lowest BCUT2D eigenvalue weighted by atomic mass is 10.1. The molecule has 2 rings (SSSR count). The van der Waals surface area contributed by atoms with Gasteiger partial charge >= 0.3 is 6.09 Å². The van der Waals surface area contributed by atoms with Crippen molar-refractivity contribution in [2.45, 2.75) is 45.4 Å². The second-order valence-electron chi connectivity index (χ2n) is 7.08. The molecule has 0 aromatic heterocycles. The fourth-order valence-electron chi connectivity index (χ4n) is 2.57. The van der Waals surface area contributed by atoms with Gasteiger partial charge in [0.15, 0.2) is 0 Å². The maximum Gasteiger partial charge on any atom is 0.410 e. The zero-order valence-electron chi connectivity index (χ0n) is 14.8. The lowest BCUT2D eigenvalue weighted by molar-refractivity contribution is -0.0321. The van der Waals surface area contributed by atoms with Crippen molar-refractivity contribution in [3.05, 3.63) is 33.4 Å². The first-order chi connectivity index (χ1) is 11.3. The SMILES string of the molecule is CC(NCC1COCCN1C(=O)OC(C)(C)C)c1ccc(I)cc1. The Morgan fingerprint density at radius 1 is 1.42 bits per heavy atom. The van der Waals surface area contributed by atoms with Crippen molar-refractivity contribution >= 4 is 28.7 Å². The molecule has 0 radical (unpaired) electrons. The van der Waals surface area contributed by atoms with Crippen LogP contribution in [0, 0.1) is 3.57 Å². The summed E-state index contributed by atoms with van der Waals surface area (Å²) in [6, 6.07) is 8.66. The molecule has 1 N–H and O–H groups in total. The van der Waals surface area contributed by atoms with Gasteiger partial charge in [-0.3, -0.25) is 4.90 Å². The highest BCUT2D eigenvalue weighted by atomic mass is 127. The van der Waals surface area contributed by atoms with Crippen LogP contribution in [-0.4, -0.2) is 48.9 Å². The second-order valence-corrected chi connectivity index (χ2v) is 8.33. The Bertz CT molecular complexity index is 542. The van der Waals surface area contributed by atoms with Gasteiger partial charge in [-0.05, 0) is 68.0 Å². The Morgan fingerprint density at radius 2 is 2.08 bits per heavy atom. The molecule has 1 fully saturated rings. The van der Waals surface area contributed by atoms with Crippen molar-refractivity contribution in [3.8, 4) is 0 Å². The number of hydrogen-bond donors (Lipinski definition) is 1. The number of carbonyl (C=O) groups is 1. The van der Waals surface area contributed by atoms with Gasteiger partial charge in [-0.15, -0.1) is 0 Å². The Balaban J connectivity index is 1.93. The first-order valence-electron chi connectivity index (χ1n) is 8.32. The average Bonchev–Trinajstić information content (AvgIpc) is 2.52. The number of hydrogen-bond acceptors (Lipinski definition) is 4. The molecule has 6 heteroatoms. The molecule has 0 bridgehead atoms. The van der Waals surface area contributed by atoms with E-state index in [1.165, 1.54) is 9.13 Å². The van der Waals surface area contributed by atoms with Gasteiger partial charge in [0.1, 0.15) is 5.60 Å². The van der Waals surface area contributed by atoms with Crippen molar-refractivity contribution in [1.29, 1.82) is 0 Å². The molecule has 2 atom stereocenters. The molecule has 24 heavy (non-hydrogen) atoms. The fraction of sp³-hybridized carbons (Fsp3) is 0.611. The number of nitrogens with one attached hydrogen (secondary N) is 1. The topological polar surface area (TPSA) is 50.8 Å². The zero-order chi connectivity index (χ0) is 17.7. The number of rotatable bonds is 4. The van der Waals surface area contributed by atoms with Gasteiger partial charge in [0.05, 0.1) is 19.3 Å². The van der Waals surface area contributed by atoms with E-state index in [1.807, 2.05) is 20.8 Å². The summed E-state index contributed by atoms with van der Waals surface area (Å²) < 4.78 is 12.3. The van der Waals surface area contributed by atoms with Crippen molar-refractivity contribution in [1.82, 2.24) is 10.2 Å². The number of halogens is 1. The minimum atomic E-state index is -0.484.